The first-order chi connectivity index (χ1) is 14.8. The first-order valence-electron chi connectivity index (χ1n) is 10.2. The normalized spacial score (nSPS) is 29.5. The molecule has 30 heavy (non-hydrogen) atoms. The van der Waals surface area contributed by atoms with E-state index in [1.807, 2.05) is 24.3 Å². The van der Waals surface area contributed by atoms with Gasteiger partial charge in [-0.3, -0.25) is 0 Å². The van der Waals surface area contributed by atoms with Gasteiger partial charge in [-0.1, -0.05) is 29.8 Å². The van der Waals surface area contributed by atoms with Crippen LogP contribution in [0, 0.1) is 0 Å². The van der Waals surface area contributed by atoms with Gasteiger partial charge in [0.1, 0.15) is 30.2 Å². The highest BCUT2D eigenvalue weighted by Crippen LogP contribution is 2.38. The van der Waals surface area contributed by atoms with Gasteiger partial charge in [-0.25, -0.2) is 0 Å². The topological polar surface area (TPSA) is 109 Å². The van der Waals surface area contributed by atoms with E-state index in [0.717, 1.165) is 11.3 Å². The number of hydrogen-bond donors (Lipinski definition) is 4. The first-order valence-corrected chi connectivity index (χ1v) is 9.91. The molecule has 1 aliphatic rings. The summed E-state index contributed by atoms with van der Waals surface area (Å²) >= 11 is 6.35. The van der Waals surface area contributed by atoms with Gasteiger partial charge in [0.15, 0.2) is 0 Å². The molecule has 2 aromatic carbocycles. The molecule has 0 aromatic heterocycles. The van der Waals surface area contributed by atoms with Crippen LogP contribution in [-0.4, -0.2) is 65.2 Å². The molecule has 164 valence electrons. The monoisotopic (exact) mass is 439 g/mol. The van der Waals surface area contributed by atoms with Crippen LogP contribution in [0.2, 0.25) is 5.02 Å². The third kappa shape index (κ3) is 4.48. The molecular weight excluding hydrogens is 412 g/mol. The number of benzene rings is 2. The van der Waals surface area contributed by atoms with Crippen molar-refractivity contribution in [2.45, 2.75) is 43.5 Å². The summed E-state index contributed by atoms with van der Waals surface area (Å²) in [4.78, 5) is 0. The van der Waals surface area contributed by atoms with Crippen molar-refractivity contribution in [2.24, 2.45) is 0 Å². The zero-order valence-corrected chi connectivity index (χ0v) is 17.3. The number of aliphatic hydroxyl groups excluding tert-OH is 3. The molecule has 3 rings (SSSR count). The maximum absolute atomic E-state index is 11.2. The highest BCUT2D eigenvalue weighted by molar-refractivity contribution is 6.31. The summed E-state index contributed by atoms with van der Waals surface area (Å²) in [6.07, 6.45) is -5.03. The third-order valence-electron chi connectivity index (χ3n) is 5.26. The maximum Gasteiger partial charge on any atom is 0.222 e. The highest BCUT2D eigenvalue weighted by atomic mass is 35.5. The minimum absolute atomic E-state index is 0.0142. The molecule has 4 N–H and O–H groups in total. The molecular formula is C22H27ClO7. The Balaban J connectivity index is 1.89. The first kappa shape index (κ1) is 21.5. The fourth-order valence-corrected chi connectivity index (χ4v) is 3.80. The Morgan fingerprint density at radius 3 is 2.57 bits per heavy atom. The molecule has 1 aliphatic heterocycles. The van der Waals surface area contributed by atoms with Crippen molar-refractivity contribution < 1.29 is 36.0 Å². The lowest BCUT2D eigenvalue weighted by Crippen LogP contribution is -2.64. The van der Waals surface area contributed by atoms with Gasteiger partial charge in [0.05, 0.1) is 13.7 Å². The zero-order valence-electron chi connectivity index (χ0n) is 17.6. The Hall–Kier alpha value is -1.71. The van der Waals surface area contributed by atoms with Crippen LogP contribution in [0.1, 0.15) is 25.0 Å². The maximum atomic E-state index is 11.2. The van der Waals surface area contributed by atoms with Crippen LogP contribution >= 0.6 is 11.6 Å². The van der Waals surface area contributed by atoms with E-state index < -0.39 is 36.8 Å². The van der Waals surface area contributed by atoms with E-state index in [1.165, 1.54) is 6.07 Å². The van der Waals surface area contributed by atoms with Crippen LogP contribution in [0.3, 0.4) is 0 Å². The van der Waals surface area contributed by atoms with Crippen LogP contribution in [0.15, 0.2) is 42.5 Å². The van der Waals surface area contributed by atoms with Crippen molar-refractivity contribution in [1.82, 2.24) is 0 Å². The minimum atomic E-state index is -2.28. The number of aliphatic hydroxyl groups is 4. The van der Waals surface area contributed by atoms with Crippen LogP contribution in [0.4, 0.5) is 0 Å². The molecule has 8 heteroatoms. The predicted molar refractivity (Wildman–Crippen MR) is 111 cm³/mol. The molecule has 2 aromatic rings. The molecule has 0 amide bonds. The molecule has 1 fully saturated rings. The van der Waals surface area contributed by atoms with Crippen molar-refractivity contribution in [3.05, 3.63) is 64.2 Å². The van der Waals surface area contributed by atoms with Crippen LogP contribution < -0.4 is 4.74 Å². The van der Waals surface area contributed by atoms with Gasteiger partial charge in [-0.05, 0) is 48.7 Å². The average Bonchev–Trinajstić information content (AvgIpc) is 2.78. The average molecular weight is 440 g/mol. The van der Waals surface area contributed by atoms with E-state index in [-0.39, 0.29) is 19.1 Å². The zero-order chi connectivity index (χ0) is 22.6. The predicted octanol–water partition coefficient (Wildman–Crippen LogP) is 1.60. The Kier molecular flexibility index (Phi) is 6.90. The van der Waals surface area contributed by atoms with Crippen LogP contribution in [0.25, 0.3) is 0 Å². The Morgan fingerprint density at radius 2 is 1.93 bits per heavy atom. The molecule has 7 nitrogen and oxygen atoms in total. The van der Waals surface area contributed by atoms with Gasteiger partial charge in [-0.2, -0.15) is 0 Å². The lowest BCUT2D eigenvalue weighted by molar-refractivity contribution is -0.361. The number of hydrogen-bond acceptors (Lipinski definition) is 7. The summed E-state index contributed by atoms with van der Waals surface area (Å²) in [5, 5.41) is 42.5. The minimum Gasteiger partial charge on any atom is -0.497 e. The molecule has 0 aliphatic carbocycles. The summed E-state index contributed by atoms with van der Waals surface area (Å²) in [5.41, 5.74) is 1.81. The second kappa shape index (κ2) is 9.62. The SMILES string of the molecule is [2H]CCO[C@H]1[C@H](O)[C@@H](O)C(O)(c2ccc(Cl)c(Cc3ccc(OC)cc3)c2)O[C@@H]1CO. The Labute approximate surface area is 181 Å². The van der Waals surface area contributed by atoms with E-state index in [0.29, 0.717) is 17.0 Å². The summed E-state index contributed by atoms with van der Waals surface area (Å²) < 4.78 is 23.3. The number of methoxy groups -OCH3 is 1. The third-order valence-corrected chi connectivity index (χ3v) is 5.63. The van der Waals surface area contributed by atoms with Gasteiger partial charge in [0.2, 0.25) is 5.79 Å². The summed E-state index contributed by atoms with van der Waals surface area (Å²) in [6, 6.07) is 12.1. The number of ether oxygens (including phenoxy) is 3. The molecule has 0 bridgehead atoms. The van der Waals surface area contributed by atoms with Crippen molar-refractivity contribution in [1.29, 1.82) is 0 Å². The number of rotatable bonds is 7. The lowest BCUT2D eigenvalue weighted by Gasteiger charge is -2.47. The quantitative estimate of drug-likeness (QED) is 0.519. The van der Waals surface area contributed by atoms with Crippen molar-refractivity contribution in [2.75, 3.05) is 20.3 Å². The van der Waals surface area contributed by atoms with Gasteiger partial charge in [0.25, 0.3) is 0 Å². The fourth-order valence-electron chi connectivity index (χ4n) is 3.62. The fraction of sp³-hybridized carbons (Fsp3) is 0.455. The van der Waals surface area contributed by atoms with Gasteiger partial charge >= 0.3 is 0 Å². The smallest absolute Gasteiger partial charge is 0.222 e. The largest absolute Gasteiger partial charge is 0.497 e. The Bertz CT molecular complexity index is 863. The van der Waals surface area contributed by atoms with E-state index >= 15 is 0 Å². The summed E-state index contributed by atoms with van der Waals surface area (Å²) in [7, 11) is 1.59. The lowest BCUT2D eigenvalue weighted by atomic mass is 9.87. The molecule has 0 saturated carbocycles. The van der Waals surface area contributed by atoms with Crippen molar-refractivity contribution in [3.63, 3.8) is 0 Å². The van der Waals surface area contributed by atoms with Crippen LogP contribution in [0.5, 0.6) is 5.75 Å². The van der Waals surface area contributed by atoms with Gasteiger partial charge < -0.3 is 34.6 Å². The summed E-state index contributed by atoms with van der Waals surface area (Å²) in [5.74, 6) is -1.56. The number of halogens is 1. The van der Waals surface area contributed by atoms with Crippen LogP contribution in [-0.2, 0) is 21.7 Å². The van der Waals surface area contributed by atoms with E-state index in [4.69, 9.17) is 27.2 Å². The van der Waals surface area contributed by atoms with E-state index in [1.54, 1.807) is 19.2 Å². The standard InChI is InChI=1S/C22H27ClO7/c1-3-29-20-18(12-24)30-22(27,21(26)19(20)25)15-6-9-17(23)14(11-15)10-13-4-7-16(28-2)8-5-13/h4-9,11,18-21,24-27H,3,10,12H2,1-2H3/t18-,19+,20-,21-,22?/m1/s1/i1D. The van der Waals surface area contributed by atoms with Gasteiger partial charge in [-0.15, -0.1) is 0 Å². The second-order valence-corrected chi connectivity index (χ2v) is 7.54. The second-order valence-electron chi connectivity index (χ2n) is 7.14. The molecule has 1 saturated heterocycles. The molecule has 1 heterocycles. The summed E-state index contributed by atoms with van der Waals surface area (Å²) in [6.45, 7) is -0.631. The van der Waals surface area contributed by atoms with E-state index in [9.17, 15) is 20.4 Å². The molecule has 1 unspecified atom stereocenters. The molecule has 5 atom stereocenters. The highest BCUT2D eigenvalue weighted by Gasteiger charge is 2.54. The molecule has 0 spiro atoms. The van der Waals surface area contributed by atoms with E-state index in [2.05, 4.69) is 0 Å². The van der Waals surface area contributed by atoms with Crippen molar-refractivity contribution in [3.8, 4) is 5.75 Å². The Morgan fingerprint density at radius 1 is 1.20 bits per heavy atom. The van der Waals surface area contributed by atoms with Crippen molar-refractivity contribution >= 4 is 11.6 Å². The van der Waals surface area contributed by atoms with Gasteiger partial charge in [0, 0.05) is 18.6 Å². The molecule has 0 radical (unpaired) electrons.